The zero-order valence-electron chi connectivity index (χ0n) is 9.37. The number of carbonyl (C=O) groups is 1. The van der Waals surface area contributed by atoms with E-state index in [0.717, 1.165) is 11.3 Å². The number of esters is 1. The molecule has 0 unspecified atom stereocenters. The summed E-state index contributed by atoms with van der Waals surface area (Å²) in [7, 11) is 1.29. The smallest absolute Gasteiger partial charge is 0.376 e. The van der Waals surface area contributed by atoms with Crippen LogP contribution in [-0.4, -0.2) is 23.0 Å². The molecule has 0 bridgehead atoms. The van der Waals surface area contributed by atoms with E-state index in [9.17, 15) is 4.79 Å². The molecule has 5 nitrogen and oxygen atoms in total. The van der Waals surface area contributed by atoms with E-state index in [2.05, 4.69) is 14.7 Å². The molecule has 0 saturated heterocycles. The van der Waals surface area contributed by atoms with Crippen LogP contribution in [0.5, 0.6) is 0 Å². The molecule has 0 saturated carbocycles. The average Bonchev–Trinajstić information content (AvgIpc) is 2.14. The van der Waals surface area contributed by atoms with Crippen molar-refractivity contribution >= 4 is 11.8 Å². The van der Waals surface area contributed by atoms with E-state index in [4.69, 9.17) is 5.73 Å². The van der Waals surface area contributed by atoms with E-state index in [1.54, 1.807) is 6.92 Å². The Hall–Kier alpha value is -1.65. The maximum Gasteiger partial charge on any atom is 0.376 e. The summed E-state index contributed by atoms with van der Waals surface area (Å²) < 4.78 is 4.53. The van der Waals surface area contributed by atoms with Crippen molar-refractivity contribution in [3.63, 3.8) is 0 Å². The van der Waals surface area contributed by atoms with Gasteiger partial charge in [-0.25, -0.2) is 14.8 Å². The van der Waals surface area contributed by atoms with Gasteiger partial charge in [-0.2, -0.15) is 0 Å². The van der Waals surface area contributed by atoms with Gasteiger partial charge in [0.15, 0.2) is 0 Å². The van der Waals surface area contributed by atoms with Crippen LogP contribution < -0.4 is 5.73 Å². The molecule has 0 spiro atoms. The van der Waals surface area contributed by atoms with Crippen LogP contribution in [0.4, 0.5) is 5.82 Å². The first-order chi connectivity index (χ1) is 6.97. The van der Waals surface area contributed by atoms with Gasteiger partial charge in [-0.05, 0) is 12.8 Å². The molecular weight excluding hydrogens is 194 g/mol. The van der Waals surface area contributed by atoms with Crippen molar-refractivity contribution in [3.8, 4) is 0 Å². The number of anilines is 1. The van der Waals surface area contributed by atoms with Gasteiger partial charge in [0, 0.05) is 11.3 Å². The third kappa shape index (κ3) is 2.23. The number of nitrogen functional groups attached to an aromatic ring is 1. The highest BCUT2D eigenvalue weighted by atomic mass is 16.5. The number of carbonyl (C=O) groups excluding carboxylic acids is 1. The standard InChI is InChI=1S/C10H15N3O2/c1-5(2)7-6(3)12-9(10(14)15-4)13-8(7)11/h5H,1-4H3,(H2,11,12,13). The first-order valence-corrected chi connectivity index (χ1v) is 4.69. The Morgan fingerprint density at radius 2 is 2.00 bits per heavy atom. The first kappa shape index (κ1) is 11.4. The largest absolute Gasteiger partial charge is 0.463 e. The fraction of sp³-hybridized carbons (Fsp3) is 0.500. The minimum Gasteiger partial charge on any atom is -0.463 e. The molecule has 0 amide bonds. The van der Waals surface area contributed by atoms with Gasteiger partial charge in [0.25, 0.3) is 0 Å². The van der Waals surface area contributed by atoms with E-state index in [-0.39, 0.29) is 11.7 Å². The van der Waals surface area contributed by atoms with Gasteiger partial charge in [-0.3, -0.25) is 0 Å². The van der Waals surface area contributed by atoms with Crippen molar-refractivity contribution in [2.24, 2.45) is 0 Å². The topological polar surface area (TPSA) is 78.1 Å². The Kier molecular flexibility index (Phi) is 3.24. The molecule has 1 aromatic rings. The molecule has 1 aromatic heterocycles. The van der Waals surface area contributed by atoms with E-state index >= 15 is 0 Å². The second kappa shape index (κ2) is 4.25. The number of hydrogen-bond donors (Lipinski definition) is 1. The fourth-order valence-electron chi connectivity index (χ4n) is 1.50. The van der Waals surface area contributed by atoms with Crippen molar-refractivity contribution in [1.82, 2.24) is 9.97 Å². The van der Waals surface area contributed by atoms with Gasteiger partial charge in [0.1, 0.15) is 5.82 Å². The van der Waals surface area contributed by atoms with Gasteiger partial charge in [0.2, 0.25) is 5.82 Å². The Balaban J connectivity index is 3.25. The summed E-state index contributed by atoms with van der Waals surface area (Å²) in [6.45, 7) is 5.81. The molecule has 0 aliphatic heterocycles. The minimum atomic E-state index is -0.569. The first-order valence-electron chi connectivity index (χ1n) is 4.69. The SMILES string of the molecule is COC(=O)c1nc(C)c(C(C)C)c(N)n1. The van der Waals surface area contributed by atoms with E-state index < -0.39 is 5.97 Å². The molecule has 0 aromatic carbocycles. The van der Waals surface area contributed by atoms with Gasteiger partial charge in [-0.1, -0.05) is 13.8 Å². The second-order valence-corrected chi connectivity index (χ2v) is 3.58. The van der Waals surface area contributed by atoms with E-state index in [1.807, 2.05) is 13.8 Å². The highest BCUT2D eigenvalue weighted by Crippen LogP contribution is 2.22. The molecule has 1 heterocycles. The van der Waals surface area contributed by atoms with Crippen molar-refractivity contribution in [1.29, 1.82) is 0 Å². The predicted octanol–water partition coefficient (Wildman–Crippen LogP) is 1.28. The molecule has 15 heavy (non-hydrogen) atoms. The highest BCUT2D eigenvalue weighted by Gasteiger charge is 2.16. The highest BCUT2D eigenvalue weighted by molar-refractivity contribution is 5.85. The Morgan fingerprint density at radius 1 is 1.40 bits per heavy atom. The summed E-state index contributed by atoms with van der Waals surface area (Å²) in [5, 5.41) is 0. The van der Waals surface area contributed by atoms with Gasteiger partial charge in [0.05, 0.1) is 7.11 Å². The van der Waals surface area contributed by atoms with Crippen molar-refractivity contribution in [2.45, 2.75) is 26.7 Å². The number of nitrogens with zero attached hydrogens (tertiary/aromatic N) is 2. The Morgan fingerprint density at radius 3 is 2.40 bits per heavy atom. The maximum atomic E-state index is 11.2. The molecule has 2 N–H and O–H groups in total. The molecule has 0 atom stereocenters. The summed E-state index contributed by atoms with van der Waals surface area (Å²) in [6.07, 6.45) is 0. The number of aryl methyl sites for hydroxylation is 1. The zero-order valence-corrected chi connectivity index (χ0v) is 9.37. The lowest BCUT2D eigenvalue weighted by Crippen LogP contribution is -2.13. The minimum absolute atomic E-state index is 0.0110. The van der Waals surface area contributed by atoms with Gasteiger partial charge < -0.3 is 10.5 Å². The number of hydrogen-bond acceptors (Lipinski definition) is 5. The van der Waals surface area contributed by atoms with Crippen LogP contribution in [0, 0.1) is 6.92 Å². The van der Waals surface area contributed by atoms with Crippen LogP contribution in [0.25, 0.3) is 0 Å². The quantitative estimate of drug-likeness (QED) is 0.742. The summed E-state index contributed by atoms with van der Waals surface area (Å²) in [5.74, 6) is 0.0200. The van der Waals surface area contributed by atoms with Crippen LogP contribution in [0.3, 0.4) is 0 Å². The maximum absolute atomic E-state index is 11.2. The molecule has 0 aliphatic rings. The number of methoxy groups -OCH3 is 1. The van der Waals surface area contributed by atoms with Crippen molar-refractivity contribution < 1.29 is 9.53 Å². The third-order valence-corrected chi connectivity index (χ3v) is 2.11. The predicted molar refractivity (Wildman–Crippen MR) is 56.6 cm³/mol. The van der Waals surface area contributed by atoms with E-state index in [1.165, 1.54) is 7.11 Å². The molecule has 0 aliphatic carbocycles. The lowest BCUT2D eigenvalue weighted by Gasteiger charge is -2.12. The second-order valence-electron chi connectivity index (χ2n) is 3.58. The Bertz CT molecular complexity index is 365. The van der Waals surface area contributed by atoms with Crippen LogP contribution in [0.15, 0.2) is 0 Å². The molecular formula is C10H15N3O2. The molecule has 1 rings (SSSR count). The molecule has 0 fully saturated rings. The number of nitrogens with two attached hydrogens (primary N) is 1. The zero-order chi connectivity index (χ0) is 11.6. The van der Waals surface area contributed by atoms with Crippen molar-refractivity contribution in [3.05, 3.63) is 17.1 Å². The van der Waals surface area contributed by atoms with Gasteiger partial charge in [-0.15, -0.1) is 0 Å². The summed E-state index contributed by atoms with van der Waals surface area (Å²) in [4.78, 5) is 19.2. The number of ether oxygens (including phenoxy) is 1. The summed E-state index contributed by atoms with van der Waals surface area (Å²) in [6, 6.07) is 0. The summed E-state index contributed by atoms with van der Waals surface area (Å²) in [5.41, 5.74) is 7.35. The number of rotatable bonds is 2. The lowest BCUT2D eigenvalue weighted by molar-refractivity contribution is 0.0586. The van der Waals surface area contributed by atoms with Gasteiger partial charge >= 0.3 is 5.97 Å². The third-order valence-electron chi connectivity index (χ3n) is 2.11. The monoisotopic (exact) mass is 209 g/mol. The van der Waals surface area contributed by atoms with E-state index in [0.29, 0.717) is 5.82 Å². The molecule has 5 heteroatoms. The number of aromatic nitrogens is 2. The fourth-order valence-corrected chi connectivity index (χ4v) is 1.50. The summed E-state index contributed by atoms with van der Waals surface area (Å²) >= 11 is 0. The Labute approximate surface area is 88.7 Å². The van der Waals surface area contributed by atoms with Crippen LogP contribution in [-0.2, 0) is 4.74 Å². The normalized spacial score (nSPS) is 10.5. The molecule has 0 radical (unpaired) electrons. The van der Waals surface area contributed by atoms with Crippen LogP contribution in [0.2, 0.25) is 0 Å². The van der Waals surface area contributed by atoms with Crippen molar-refractivity contribution in [2.75, 3.05) is 12.8 Å². The lowest BCUT2D eigenvalue weighted by atomic mass is 10.0. The van der Waals surface area contributed by atoms with Crippen LogP contribution >= 0.6 is 0 Å². The average molecular weight is 209 g/mol. The van der Waals surface area contributed by atoms with Crippen LogP contribution in [0.1, 0.15) is 41.6 Å². The molecule has 82 valence electrons.